The molecule has 0 unspecified atom stereocenters. The molecule has 19 heavy (non-hydrogen) atoms. The number of halogens is 1. The first kappa shape index (κ1) is 14.5. The Labute approximate surface area is 115 Å². The summed E-state index contributed by atoms with van der Waals surface area (Å²) in [7, 11) is 0. The van der Waals surface area contributed by atoms with Gasteiger partial charge in [0.2, 0.25) is 0 Å². The molecule has 1 aliphatic rings. The van der Waals surface area contributed by atoms with Gasteiger partial charge in [-0.3, -0.25) is 0 Å². The molecule has 0 atom stereocenters. The fraction of sp³-hybridized carbons (Fsp3) is 0.625. The minimum absolute atomic E-state index is 0.262. The highest BCUT2D eigenvalue weighted by molar-refractivity contribution is 5.36. The summed E-state index contributed by atoms with van der Waals surface area (Å²) < 4.78 is 14.2. The minimum atomic E-state index is -0.992. The Hall–Kier alpha value is -0.930. The molecule has 0 spiro atoms. The molecule has 1 aliphatic carbocycles. The first-order valence-electron chi connectivity index (χ1n) is 7.19. The summed E-state index contributed by atoms with van der Waals surface area (Å²) in [6.07, 6.45) is 3.06. The van der Waals surface area contributed by atoms with E-state index < -0.39 is 5.60 Å². The molecule has 0 bridgehead atoms. The van der Waals surface area contributed by atoms with Gasteiger partial charge in [-0.25, -0.2) is 4.39 Å². The van der Waals surface area contributed by atoms with Crippen molar-refractivity contribution in [2.75, 3.05) is 6.54 Å². The van der Waals surface area contributed by atoms with Crippen LogP contribution in [0.1, 0.15) is 49.3 Å². The summed E-state index contributed by atoms with van der Waals surface area (Å²) in [4.78, 5) is 0. The summed E-state index contributed by atoms with van der Waals surface area (Å²) in [5, 5.41) is 14.2. The molecule has 1 fully saturated rings. The van der Waals surface area contributed by atoms with Gasteiger partial charge in [0.25, 0.3) is 0 Å². The van der Waals surface area contributed by atoms with Gasteiger partial charge in [0.1, 0.15) is 5.82 Å². The van der Waals surface area contributed by atoms with Crippen molar-refractivity contribution in [2.45, 2.75) is 58.1 Å². The first-order chi connectivity index (χ1) is 8.96. The van der Waals surface area contributed by atoms with Gasteiger partial charge in [-0.05, 0) is 63.3 Å². The third-order valence-electron chi connectivity index (χ3n) is 4.20. The van der Waals surface area contributed by atoms with Crippen LogP contribution in [0.2, 0.25) is 0 Å². The molecule has 0 radical (unpaired) electrons. The lowest BCUT2D eigenvalue weighted by Crippen LogP contribution is -2.40. The van der Waals surface area contributed by atoms with E-state index in [2.05, 4.69) is 12.2 Å². The van der Waals surface area contributed by atoms with E-state index in [1.807, 2.05) is 19.9 Å². The molecule has 0 heterocycles. The van der Waals surface area contributed by atoms with E-state index in [4.69, 9.17) is 0 Å². The van der Waals surface area contributed by atoms with Crippen LogP contribution in [0.15, 0.2) is 12.1 Å². The predicted octanol–water partition coefficient (Wildman–Crippen LogP) is 3.18. The molecule has 1 aromatic carbocycles. The van der Waals surface area contributed by atoms with Crippen LogP contribution in [-0.4, -0.2) is 17.7 Å². The van der Waals surface area contributed by atoms with Gasteiger partial charge in [-0.1, -0.05) is 13.0 Å². The van der Waals surface area contributed by atoms with Gasteiger partial charge in [-0.15, -0.1) is 0 Å². The second-order valence-electron chi connectivity index (χ2n) is 5.80. The molecule has 0 saturated heterocycles. The molecule has 106 valence electrons. The Kier molecular flexibility index (Phi) is 4.26. The third kappa shape index (κ3) is 2.98. The van der Waals surface area contributed by atoms with Gasteiger partial charge < -0.3 is 10.4 Å². The number of nitrogens with one attached hydrogen (secondary N) is 1. The highest BCUT2D eigenvalue weighted by Crippen LogP contribution is 2.40. The second kappa shape index (κ2) is 5.59. The van der Waals surface area contributed by atoms with Crippen molar-refractivity contribution in [3.8, 4) is 0 Å². The lowest BCUT2D eigenvalue weighted by Gasteiger charge is -2.37. The summed E-state index contributed by atoms with van der Waals surface area (Å²) in [6.45, 7) is 6.80. The zero-order chi connectivity index (χ0) is 14.0. The monoisotopic (exact) mass is 265 g/mol. The molecule has 3 heteroatoms. The third-order valence-corrected chi connectivity index (χ3v) is 4.20. The Morgan fingerprint density at radius 2 is 1.95 bits per heavy atom. The van der Waals surface area contributed by atoms with E-state index in [0.717, 1.165) is 30.5 Å². The fourth-order valence-corrected chi connectivity index (χ4v) is 3.34. The van der Waals surface area contributed by atoms with Crippen LogP contribution >= 0.6 is 0 Å². The molecule has 2 rings (SSSR count). The zero-order valence-corrected chi connectivity index (χ0v) is 12.1. The number of aliphatic hydroxyl groups is 1. The van der Waals surface area contributed by atoms with Crippen LogP contribution < -0.4 is 5.32 Å². The van der Waals surface area contributed by atoms with Crippen molar-refractivity contribution in [1.29, 1.82) is 0 Å². The quantitative estimate of drug-likeness (QED) is 0.879. The molecule has 0 aromatic heterocycles. The van der Waals surface area contributed by atoms with Crippen LogP contribution in [0.3, 0.4) is 0 Å². The van der Waals surface area contributed by atoms with Crippen molar-refractivity contribution >= 4 is 0 Å². The van der Waals surface area contributed by atoms with E-state index >= 15 is 0 Å². The van der Waals surface area contributed by atoms with Gasteiger partial charge in [-0.2, -0.15) is 0 Å². The summed E-state index contributed by atoms with van der Waals surface area (Å²) in [5.74, 6) is -0.262. The maximum atomic E-state index is 14.2. The Bertz CT molecular complexity index is 427. The van der Waals surface area contributed by atoms with E-state index in [9.17, 15) is 9.50 Å². The Morgan fingerprint density at radius 1 is 1.32 bits per heavy atom. The number of aryl methyl sites for hydroxylation is 2. The topological polar surface area (TPSA) is 32.3 Å². The van der Waals surface area contributed by atoms with Crippen molar-refractivity contribution in [3.63, 3.8) is 0 Å². The molecule has 2 N–H and O–H groups in total. The minimum Gasteiger partial charge on any atom is -0.385 e. The SMILES string of the molecule is CCNC1CCC(O)(c2c(C)cc(C)cc2F)CC1. The van der Waals surface area contributed by atoms with Gasteiger partial charge in [0, 0.05) is 11.6 Å². The first-order valence-corrected chi connectivity index (χ1v) is 7.19. The highest BCUT2D eigenvalue weighted by atomic mass is 19.1. The average molecular weight is 265 g/mol. The van der Waals surface area contributed by atoms with Crippen molar-refractivity contribution in [2.24, 2.45) is 0 Å². The lowest BCUT2D eigenvalue weighted by atomic mass is 9.76. The number of benzene rings is 1. The maximum absolute atomic E-state index is 14.2. The van der Waals surface area contributed by atoms with Crippen molar-refractivity contribution < 1.29 is 9.50 Å². The van der Waals surface area contributed by atoms with E-state index in [1.165, 1.54) is 6.07 Å². The van der Waals surface area contributed by atoms with Crippen LogP contribution in [-0.2, 0) is 5.60 Å². The Balaban J connectivity index is 2.23. The van der Waals surface area contributed by atoms with E-state index in [1.54, 1.807) is 0 Å². The Morgan fingerprint density at radius 3 is 2.47 bits per heavy atom. The molecular weight excluding hydrogens is 241 g/mol. The summed E-state index contributed by atoms with van der Waals surface area (Å²) in [5.41, 5.74) is 1.28. The molecule has 0 amide bonds. The largest absolute Gasteiger partial charge is 0.385 e. The normalized spacial score (nSPS) is 27.5. The molecule has 1 aromatic rings. The van der Waals surface area contributed by atoms with Crippen molar-refractivity contribution in [3.05, 3.63) is 34.6 Å². The fourth-order valence-electron chi connectivity index (χ4n) is 3.34. The van der Waals surface area contributed by atoms with Crippen LogP contribution in [0.25, 0.3) is 0 Å². The van der Waals surface area contributed by atoms with Crippen LogP contribution in [0.4, 0.5) is 4.39 Å². The van der Waals surface area contributed by atoms with E-state index in [0.29, 0.717) is 24.4 Å². The summed E-state index contributed by atoms with van der Waals surface area (Å²) >= 11 is 0. The average Bonchev–Trinajstić information content (AvgIpc) is 2.31. The number of rotatable bonds is 3. The molecular formula is C16H24FNO. The van der Waals surface area contributed by atoms with Gasteiger partial charge in [0.05, 0.1) is 5.60 Å². The predicted molar refractivity (Wildman–Crippen MR) is 75.7 cm³/mol. The molecule has 2 nitrogen and oxygen atoms in total. The summed E-state index contributed by atoms with van der Waals surface area (Å²) in [6, 6.07) is 3.93. The standard InChI is InChI=1S/C16H24FNO/c1-4-18-13-5-7-16(19,8-6-13)15-12(3)9-11(2)10-14(15)17/h9-10,13,18-19H,4-8H2,1-3H3. The van der Waals surface area contributed by atoms with Crippen molar-refractivity contribution in [1.82, 2.24) is 5.32 Å². The number of hydrogen-bond acceptors (Lipinski definition) is 2. The molecule has 1 saturated carbocycles. The van der Waals surface area contributed by atoms with Crippen LogP contribution in [0.5, 0.6) is 0 Å². The maximum Gasteiger partial charge on any atom is 0.129 e. The zero-order valence-electron chi connectivity index (χ0n) is 12.1. The smallest absolute Gasteiger partial charge is 0.129 e. The van der Waals surface area contributed by atoms with E-state index in [-0.39, 0.29) is 5.82 Å². The lowest BCUT2D eigenvalue weighted by molar-refractivity contribution is -0.0117. The van der Waals surface area contributed by atoms with Gasteiger partial charge in [0.15, 0.2) is 0 Å². The number of hydrogen-bond donors (Lipinski definition) is 2. The van der Waals surface area contributed by atoms with Crippen LogP contribution in [0, 0.1) is 19.7 Å². The highest BCUT2D eigenvalue weighted by Gasteiger charge is 2.37. The molecule has 0 aliphatic heterocycles. The second-order valence-corrected chi connectivity index (χ2v) is 5.80. The van der Waals surface area contributed by atoms with Gasteiger partial charge >= 0.3 is 0 Å².